The second-order valence-corrected chi connectivity index (χ2v) is 38.8. The molecule has 0 aliphatic heterocycles. The Bertz CT molecular complexity index is 7870. The summed E-state index contributed by atoms with van der Waals surface area (Å²) in [6.45, 7) is 9.94. The van der Waals surface area contributed by atoms with Crippen molar-refractivity contribution in [2.24, 2.45) is 81.8 Å². The molecule has 0 aliphatic rings. The fourth-order valence-corrected chi connectivity index (χ4v) is 16.0. The summed E-state index contributed by atoms with van der Waals surface area (Å²) in [7, 11) is -22.8. The van der Waals surface area contributed by atoms with Crippen LogP contribution in [0.1, 0.15) is 84.1 Å². The number of rotatable bonds is 44. The molecule has 0 saturated heterocycles. The van der Waals surface area contributed by atoms with Gasteiger partial charge in [0.1, 0.15) is 44.3 Å². The van der Waals surface area contributed by atoms with E-state index in [4.69, 9.17) is 39.4 Å². The summed E-state index contributed by atoms with van der Waals surface area (Å²) in [5, 5.41) is 82.0. The molecule has 12 aromatic carbocycles. The third-order valence-electron chi connectivity index (χ3n) is 20.6. The highest BCUT2D eigenvalue weighted by Crippen LogP contribution is 2.41. The van der Waals surface area contributed by atoms with E-state index in [9.17, 15) is 64.9 Å². The number of ether oxygens (including phenoxy) is 2. The predicted octanol–water partition coefficient (Wildman–Crippen LogP) is 25.4. The van der Waals surface area contributed by atoms with Crippen molar-refractivity contribution in [2.45, 2.75) is 99.1 Å². The van der Waals surface area contributed by atoms with E-state index in [1.54, 1.807) is 160 Å². The summed E-state index contributed by atoms with van der Waals surface area (Å²) in [4.78, 5) is 27.6. The molecule has 732 valence electrons. The third-order valence-corrected chi connectivity index (χ3v) is 24.9. The molecule has 43 nitrogen and oxygen atoms in total. The minimum atomic E-state index is -4.86. The smallest absolute Gasteiger partial charge is 0.296 e. The molecule has 0 radical (unpaired) electrons. The minimum Gasteiger partial charge on any atom is -0.493 e. The number of nitrogens with zero attached hydrogens (tertiary/aromatic N) is 22. The van der Waals surface area contributed by atoms with E-state index in [2.05, 4.69) is 103 Å². The van der Waals surface area contributed by atoms with Crippen molar-refractivity contribution in [3.63, 3.8) is 0 Å². The van der Waals surface area contributed by atoms with Crippen LogP contribution in [0.2, 0.25) is 0 Å². The van der Waals surface area contributed by atoms with Crippen molar-refractivity contribution in [3.05, 3.63) is 300 Å². The summed E-state index contributed by atoms with van der Waals surface area (Å²) < 4.78 is 183. The Morgan fingerprint density at radius 3 is 1.13 bits per heavy atom. The Kier molecular flexibility index (Phi) is 33.9. The molecule has 9 N–H and O–H groups in total. The highest BCUT2D eigenvalue weighted by Gasteiger charge is 2.23. The van der Waals surface area contributed by atoms with Gasteiger partial charge in [0.05, 0.1) is 114 Å². The first-order valence-electron chi connectivity index (χ1n) is 43.7. The molecule has 2 aromatic heterocycles. The van der Waals surface area contributed by atoms with Crippen LogP contribution in [0.3, 0.4) is 0 Å². The Morgan fingerprint density at radius 2 is 0.664 bits per heavy atom. The molecule has 0 bridgehead atoms. The van der Waals surface area contributed by atoms with E-state index < -0.39 is 66.1 Å². The number of aryl methyl sites for hydroxylation is 4. The lowest BCUT2D eigenvalue weighted by atomic mass is 10.0. The number of hydrogen-bond acceptors (Lipinski definition) is 38. The number of anilines is 6. The maximum Gasteiger partial charge on any atom is 0.296 e. The third kappa shape index (κ3) is 30.9. The normalized spacial score (nSPS) is 12.4. The molecular weight excluding hydrogens is 1940 g/mol. The first kappa shape index (κ1) is 103. The molecule has 0 unspecified atom stereocenters. The Hall–Kier alpha value is -16.2. The van der Waals surface area contributed by atoms with Gasteiger partial charge in [0.15, 0.2) is 0 Å². The van der Waals surface area contributed by atoms with Gasteiger partial charge in [0.25, 0.3) is 50.6 Å². The first-order valence-corrected chi connectivity index (χ1v) is 51.1. The molecule has 0 fully saturated rings. The summed E-state index contributed by atoms with van der Waals surface area (Å²) in [5.41, 5.74) is 9.77. The van der Waals surface area contributed by atoms with Gasteiger partial charge < -0.3 is 30.7 Å². The minimum absolute atomic E-state index is 0.0212. The van der Waals surface area contributed by atoms with Gasteiger partial charge in [0, 0.05) is 49.3 Å². The molecule has 2 heterocycles. The predicted molar refractivity (Wildman–Crippen MR) is 534 cm³/mol. The monoisotopic (exact) mass is 2030 g/mol. The molecule has 14 rings (SSSR count). The van der Waals surface area contributed by atoms with Crippen LogP contribution in [0.15, 0.2) is 356 Å². The summed E-state index contributed by atoms with van der Waals surface area (Å²) >= 11 is 0. The van der Waals surface area contributed by atoms with E-state index in [1.165, 1.54) is 72.8 Å². The van der Waals surface area contributed by atoms with Crippen LogP contribution in [-0.2, 0) is 63.4 Å². The number of azo groups is 8. The molecule has 48 heteroatoms. The van der Waals surface area contributed by atoms with Gasteiger partial charge in [-0.15, -0.1) is 10.2 Å². The lowest BCUT2D eigenvalue weighted by Crippen LogP contribution is -2.14. The van der Waals surface area contributed by atoms with Crippen molar-refractivity contribution >= 4 is 177 Å². The zero-order valence-electron chi connectivity index (χ0n) is 76.7. The van der Waals surface area contributed by atoms with Crippen molar-refractivity contribution in [3.8, 4) is 11.5 Å². The van der Waals surface area contributed by atoms with Crippen molar-refractivity contribution in [1.82, 2.24) is 29.9 Å². The van der Waals surface area contributed by atoms with Gasteiger partial charge in [-0.25, -0.2) is 4.98 Å². The Labute approximate surface area is 821 Å². The molecule has 0 aliphatic carbocycles. The second kappa shape index (κ2) is 47.2. The van der Waals surface area contributed by atoms with Crippen LogP contribution in [0, 0.1) is 27.7 Å². The van der Waals surface area contributed by atoms with E-state index >= 15 is 0 Å². The fourth-order valence-electron chi connectivity index (χ4n) is 13.3. The van der Waals surface area contributed by atoms with Crippen LogP contribution >= 0.6 is 0 Å². The molecule has 0 amide bonds. The average Bonchev–Trinajstić information content (AvgIpc) is 0.806. The molecule has 14 aromatic rings. The number of hydrogen-bond donors (Lipinski definition) is 9. The lowest BCUT2D eigenvalue weighted by molar-refractivity contribution is 0.311. The zero-order valence-corrected chi connectivity index (χ0v) is 80.8. The van der Waals surface area contributed by atoms with E-state index in [-0.39, 0.29) is 106 Å². The van der Waals surface area contributed by atoms with Crippen LogP contribution in [0.5, 0.6) is 11.5 Å². The summed E-state index contributed by atoms with van der Waals surface area (Å²) in [5.74, 6) is 1.08. The second-order valence-electron chi connectivity index (χ2n) is 31.7. The lowest BCUT2D eigenvalue weighted by Gasteiger charge is -2.16. The quantitative estimate of drug-likeness (QED) is 0.00973. The van der Waals surface area contributed by atoms with Crippen LogP contribution < -0.4 is 30.7 Å². The largest absolute Gasteiger partial charge is 0.493 e. The Morgan fingerprint density at radius 1 is 0.301 bits per heavy atom. The van der Waals surface area contributed by atoms with Gasteiger partial charge in [-0.05, 0) is 275 Å². The van der Waals surface area contributed by atoms with E-state index in [0.717, 1.165) is 24.1 Å². The zero-order chi connectivity index (χ0) is 101. The molecule has 0 spiro atoms. The molecule has 0 saturated carbocycles. The van der Waals surface area contributed by atoms with Gasteiger partial charge in [0.2, 0.25) is 23.8 Å². The van der Waals surface area contributed by atoms with E-state index in [0.29, 0.717) is 146 Å². The highest BCUT2D eigenvalue weighted by atomic mass is 32.2. The number of benzene rings is 12. The van der Waals surface area contributed by atoms with Crippen LogP contribution in [0.4, 0.5) is 126 Å². The molecule has 143 heavy (non-hydrogen) atoms. The van der Waals surface area contributed by atoms with Crippen molar-refractivity contribution < 1.29 is 74.3 Å². The van der Waals surface area contributed by atoms with Crippen LogP contribution in [0.25, 0.3) is 0 Å². The van der Waals surface area contributed by atoms with Gasteiger partial charge in [-0.3, -0.25) is 22.8 Å². The number of nitrogens with one attached hydrogen (secondary N) is 4. The average molecular weight is 2030 g/mol. The molecule has 0 atom stereocenters. The standard InChI is InChI=1S/C95H90N26O17S5/c1-6-7-47-138-87-59-84(121-119-82-44-36-76(57-89(82)143(134,135)136)115-107-67-19-12-9-13-20-67)63(5)53-85(87)99-95-104-93(103-94(105-95)98-74-34-42-80(62(4)52-74)116-112-70-26-22-68(23-27-70)108-110-72-30-37-77(38-31-72)140(125,126)127)97-46-15-14-45-96-92-101-90(54-64-21-41-79(60(2)50-64)117-118-81-43-35-75(56-88(81)142(131,132)133)114-106-66-17-10-8-11-18-66)100-91(102-92)55-65-51-61(3)83(58-86(65)137-48-16-49-139(122,123)124)120-113-71-28-24-69(25-29-71)109-111-73-32-39-78(40-33-73)141(128,129)130/h8-13,17-44,50-53,56-59H,6-7,14-16,45-49,54-55H2,1-5H3,(H,122,123,124)(H,125,126,127)(H,128,129,130)(H,131,132,133)(H,134,135,136)(H,96,100,101,102)(H3,97,98,99,103,104,105). The van der Waals surface area contributed by atoms with Gasteiger partial charge in [-0.2, -0.15) is 139 Å². The Balaban J connectivity index is 0.725. The SMILES string of the molecule is CCCCOc1cc(N=Nc2ccc(N=Nc3ccccc3)cc2S(=O)(=O)O)c(C)cc1Nc1nc(NCCCCNc2nc(Cc3ccc(N=Nc4ccc(N=Nc5ccccc5)cc4S(=O)(=O)O)c(C)c3)nc(Cc3cc(C)c(N=Nc4ccc(N=Nc5ccc(S(=O)(=O)O)cc5)cc4)cc3OCCCS(=O)(=O)O)n2)nc(Nc2ccc(N=Nc3ccc(N=Nc4ccc(S(=O)(=O)O)cc4)cc3)c(C)c2)n1. The number of aromatic nitrogens is 6. The molecular formula is C95H90N26O17S5. The number of unbranched alkanes of at least 4 members (excludes halogenated alkanes) is 2. The van der Waals surface area contributed by atoms with Gasteiger partial charge in [-0.1, -0.05) is 61.9 Å². The first-order chi connectivity index (χ1) is 68.5. The fraction of sp³-hybridized carbons (Fsp3) is 0.179. The highest BCUT2D eigenvalue weighted by molar-refractivity contribution is 7.87. The maximum atomic E-state index is 12.8. The summed E-state index contributed by atoms with van der Waals surface area (Å²) in [6.07, 6.45) is 2.53. The van der Waals surface area contributed by atoms with Crippen LogP contribution in [-0.4, -0.2) is 127 Å². The van der Waals surface area contributed by atoms with Gasteiger partial charge >= 0.3 is 0 Å². The topological polar surface area (TPSA) is 614 Å². The maximum absolute atomic E-state index is 12.8. The van der Waals surface area contributed by atoms with Crippen molar-refractivity contribution in [1.29, 1.82) is 0 Å². The van der Waals surface area contributed by atoms with Crippen molar-refractivity contribution in [2.75, 3.05) is 53.3 Å². The van der Waals surface area contributed by atoms with E-state index in [1.807, 2.05) is 44.2 Å². The summed E-state index contributed by atoms with van der Waals surface area (Å²) in [6, 6.07) is 66.6.